The van der Waals surface area contributed by atoms with Gasteiger partial charge in [0, 0.05) is 23.1 Å². The molecule has 5 heteroatoms. The van der Waals surface area contributed by atoms with Crippen LogP contribution < -0.4 is 16.6 Å². The second-order valence-electron chi connectivity index (χ2n) is 2.21. The largest absolute Gasteiger partial charge is 0.548 e. The zero-order valence-electron chi connectivity index (χ0n) is 6.25. The first-order chi connectivity index (χ1) is 4.68. The molecule has 0 aromatic carbocycles. The van der Waals surface area contributed by atoms with Crippen LogP contribution >= 0.6 is 0 Å². The zero-order chi connectivity index (χ0) is 7.98. The fourth-order valence-corrected chi connectivity index (χ4v) is 0.626. The van der Waals surface area contributed by atoms with E-state index in [1.54, 1.807) is 0 Å². The van der Waals surface area contributed by atoms with Crippen LogP contribution in [-0.2, 0) is 21.9 Å². The average Bonchev–Trinajstić information content (AvgIpc) is 1.88. The molecule has 0 aliphatic rings. The van der Waals surface area contributed by atoms with Crippen LogP contribution in [0.5, 0.6) is 0 Å². The number of hydrogen-bond acceptors (Lipinski definition) is 4. The van der Waals surface area contributed by atoms with E-state index in [9.17, 15) is 9.90 Å². The maximum Gasteiger partial charge on any atom is 0.0582 e. The van der Waals surface area contributed by atoms with E-state index in [-0.39, 0.29) is 17.1 Å². The van der Waals surface area contributed by atoms with Crippen molar-refractivity contribution in [3.63, 3.8) is 0 Å². The van der Waals surface area contributed by atoms with Gasteiger partial charge in [0.05, 0.1) is 5.97 Å². The number of unbranched alkanes of at least 4 members (excludes halogenated alkanes) is 1. The molecule has 0 saturated heterocycles. The molecule has 0 saturated carbocycles. The second-order valence-corrected chi connectivity index (χ2v) is 2.21. The Labute approximate surface area is 76.8 Å². The first-order valence-corrected chi connectivity index (χ1v) is 3.35. The number of carboxylic acids is 1. The van der Waals surface area contributed by atoms with E-state index in [2.05, 4.69) is 0 Å². The van der Waals surface area contributed by atoms with Crippen LogP contribution in [0.4, 0.5) is 0 Å². The maximum absolute atomic E-state index is 10.0. The molecule has 1 atom stereocenters. The van der Waals surface area contributed by atoms with Gasteiger partial charge in [-0.2, -0.15) is 0 Å². The Bertz CT molecular complexity index is 111. The molecule has 0 aliphatic carbocycles. The summed E-state index contributed by atoms with van der Waals surface area (Å²) in [5, 5.41) is 10.0. The van der Waals surface area contributed by atoms with E-state index < -0.39 is 12.0 Å². The van der Waals surface area contributed by atoms with Gasteiger partial charge in [0.25, 0.3) is 0 Å². The summed E-state index contributed by atoms with van der Waals surface area (Å²) in [6.45, 7) is 0.583. The van der Waals surface area contributed by atoms with E-state index in [4.69, 9.17) is 11.5 Å². The van der Waals surface area contributed by atoms with Gasteiger partial charge < -0.3 is 21.4 Å². The zero-order valence-corrected chi connectivity index (χ0v) is 7.44. The quantitative estimate of drug-likeness (QED) is 0.404. The predicted octanol–water partition coefficient (Wildman–Crippen LogP) is -1.81. The minimum atomic E-state index is -1.18. The number of carboxylic acid groups (broad SMARTS) is 1. The third kappa shape index (κ3) is 7.81. The molecular formula is C6H13MnN2O2-. The van der Waals surface area contributed by atoms with Crippen LogP contribution in [0.2, 0.25) is 0 Å². The topological polar surface area (TPSA) is 92.2 Å². The van der Waals surface area contributed by atoms with Crippen LogP contribution in [0.25, 0.3) is 0 Å². The van der Waals surface area contributed by atoms with Crippen molar-refractivity contribution in [2.24, 2.45) is 11.5 Å². The van der Waals surface area contributed by atoms with Crippen molar-refractivity contribution in [2.75, 3.05) is 6.54 Å². The fourth-order valence-electron chi connectivity index (χ4n) is 0.626. The Hall–Kier alpha value is -0.0905. The van der Waals surface area contributed by atoms with Crippen LogP contribution in [-0.4, -0.2) is 18.6 Å². The van der Waals surface area contributed by atoms with Gasteiger partial charge in [-0.1, -0.05) is 6.42 Å². The Morgan fingerprint density at radius 3 is 2.36 bits per heavy atom. The monoisotopic (exact) mass is 200 g/mol. The molecule has 67 valence electrons. The van der Waals surface area contributed by atoms with E-state index in [1.807, 2.05) is 0 Å². The third-order valence-electron chi connectivity index (χ3n) is 1.27. The minimum absolute atomic E-state index is 0. The predicted molar refractivity (Wildman–Crippen MR) is 35.9 cm³/mol. The Morgan fingerprint density at radius 1 is 1.45 bits per heavy atom. The summed E-state index contributed by atoms with van der Waals surface area (Å²) in [6.07, 6.45) is 2.03. The summed E-state index contributed by atoms with van der Waals surface area (Å²) in [5.41, 5.74) is 10.3. The summed E-state index contributed by atoms with van der Waals surface area (Å²) < 4.78 is 0. The van der Waals surface area contributed by atoms with Crippen molar-refractivity contribution in [1.82, 2.24) is 0 Å². The molecule has 0 aromatic rings. The molecule has 0 spiro atoms. The standard InChI is InChI=1S/C6H14N2O2.Mn/c7-4-2-1-3-5(8)6(9)10;/h5H,1-4,7-8H2,(H,9,10);/p-1/t5-;/m0./s1. The number of hydrogen-bond donors (Lipinski definition) is 2. The molecule has 0 aromatic heterocycles. The van der Waals surface area contributed by atoms with Crippen LogP contribution in [0.3, 0.4) is 0 Å². The van der Waals surface area contributed by atoms with Crippen molar-refractivity contribution in [2.45, 2.75) is 25.3 Å². The van der Waals surface area contributed by atoms with Crippen molar-refractivity contribution < 1.29 is 27.0 Å². The molecule has 0 bridgehead atoms. The number of nitrogens with two attached hydrogens (primary N) is 2. The van der Waals surface area contributed by atoms with Crippen LogP contribution in [0, 0.1) is 0 Å². The SMILES string of the molecule is NCCCC[C@H](N)C(=O)[O-].[Mn]. The summed E-state index contributed by atoms with van der Waals surface area (Å²) in [6, 6.07) is -0.827. The maximum atomic E-state index is 10.0. The summed E-state index contributed by atoms with van der Waals surface area (Å²) >= 11 is 0. The second kappa shape index (κ2) is 8.01. The van der Waals surface area contributed by atoms with Gasteiger partial charge in [0.15, 0.2) is 0 Å². The van der Waals surface area contributed by atoms with Gasteiger partial charge >= 0.3 is 0 Å². The van der Waals surface area contributed by atoms with Gasteiger partial charge in [-0.25, -0.2) is 0 Å². The van der Waals surface area contributed by atoms with Crippen molar-refractivity contribution in [3.8, 4) is 0 Å². The molecule has 0 amide bonds. The van der Waals surface area contributed by atoms with Crippen LogP contribution in [0.1, 0.15) is 19.3 Å². The van der Waals surface area contributed by atoms with E-state index >= 15 is 0 Å². The van der Waals surface area contributed by atoms with Gasteiger partial charge in [0.2, 0.25) is 0 Å². The fraction of sp³-hybridized carbons (Fsp3) is 0.833. The molecular weight excluding hydrogens is 187 g/mol. The number of carbonyl (C=O) groups is 1. The average molecular weight is 200 g/mol. The van der Waals surface area contributed by atoms with Crippen molar-refractivity contribution >= 4 is 5.97 Å². The van der Waals surface area contributed by atoms with Gasteiger partial charge in [-0.15, -0.1) is 0 Å². The molecule has 4 N–H and O–H groups in total. The van der Waals surface area contributed by atoms with Gasteiger partial charge in [-0.05, 0) is 19.4 Å². The molecule has 4 nitrogen and oxygen atoms in total. The molecule has 0 fully saturated rings. The molecule has 1 radical (unpaired) electrons. The normalized spacial score (nSPS) is 11.8. The van der Waals surface area contributed by atoms with Gasteiger partial charge in [-0.3, -0.25) is 0 Å². The summed E-state index contributed by atoms with van der Waals surface area (Å²) in [5.74, 6) is -1.18. The number of rotatable bonds is 5. The summed E-state index contributed by atoms with van der Waals surface area (Å²) in [7, 11) is 0. The van der Waals surface area contributed by atoms with Gasteiger partial charge in [0.1, 0.15) is 0 Å². The number of aliphatic carboxylic acids is 1. The first kappa shape index (κ1) is 13.5. The van der Waals surface area contributed by atoms with Crippen molar-refractivity contribution in [3.05, 3.63) is 0 Å². The van der Waals surface area contributed by atoms with E-state index in [0.717, 1.165) is 12.8 Å². The third-order valence-corrected chi connectivity index (χ3v) is 1.27. The Morgan fingerprint density at radius 2 is 2.00 bits per heavy atom. The molecule has 0 rings (SSSR count). The Kier molecular flexibility index (Phi) is 9.83. The molecule has 0 aliphatic heterocycles. The summed E-state index contributed by atoms with van der Waals surface area (Å²) in [4.78, 5) is 10.0. The van der Waals surface area contributed by atoms with E-state index in [0.29, 0.717) is 13.0 Å². The smallest absolute Gasteiger partial charge is 0.0582 e. The molecule has 0 unspecified atom stereocenters. The van der Waals surface area contributed by atoms with Crippen LogP contribution in [0.15, 0.2) is 0 Å². The number of carbonyl (C=O) groups excluding carboxylic acids is 1. The van der Waals surface area contributed by atoms with E-state index in [1.165, 1.54) is 0 Å². The molecule has 11 heavy (non-hydrogen) atoms. The molecule has 0 heterocycles. The first-order valence-electron chi connectivity index (χ1n) is 3.35. The van der Waals surface area contributed by atoms with Crippen molar-refractivity contribution in [1.29, 1.82) is 0 Å². The Balaban J connectivity index is 0. The minimum Gasteiger partial charge on any atom is -0.548 e.